The number of methoxy groups -OCH3 is 1. The van der Waals surface area contributed by atoms with Gasteiger partial charge in [-0.15, -0.1) is 0 Å². The van der Waals surface area contributed by atoms with Crippen molar-refractivity contribution in [2.24, 2.45) is 0 Å². The van der Waals surface area contributed by atoms with Gasteiger partial charge in [0.25, 0.3) is 11.7 Å². The van der Waals surface area contributed by atoms with Crippen LogP contribution in [0.25, 0.3) is 10.9 Å². The lowest BCUT2D eigenvalue weighted by Gasteiger charge is -2.11. The zero-order valence-corrected chi connectivity index (χ0v) is 15.0. The van der Waals surface area contributed by atoms with Gasteiger partial charge in [0.15, 0.2) is 0 Å². The number of Topliss-reactive ketones (excluding diaryl/α,β-unsaturated/α-hetero) is 1. The van der Waals surface area contributed by atoms with E-state index in [2.05, 4.69) is 10.3 Å². The third-order valence-corrected chi connectivity index (χ3v) is 4.47. The Morgan fingerprint density at radius 3 is 2.64 bits per heavy atom. The largest absolute Gasteiger partial charge is 0.495 e. The van der Waals surface area contributed by atoms with Gasteiger partial charge in [-0.05, 0) is 30.7 Å². The zero-order valence-electron chi connectivity index (χ0n) is 13.4. The first-order valence-corrected chi connectivity index (χ1v) is 8.12. The van der Waals surface area contributed by atoms with E-state index in [1.54, 1.807) is 37.3 Å². The second-order valence-electron chi connectivity index (χ2n) is 5.48. The third-order valence-electron chi connectivity index (χ3n) is 3.82. The molecule has 1 heterocycles. The molecule has 5 nitrogen and oxygen atoms in total. The number of aromatic amines is 1. The fourth-order valence-corrected chi connectivity index (χ4v) is 2.84. The first-order valence-electron chi connectivity index (χ1n) is 7.37. The highest BCUT2D eigenvalue weighted by Gasteiger charge is 2.21. The topological polar surface area (TPSA) is 71.2 Å². The molecule has 0 aliphatic carbocycles. The Morgan fingerprint density at radius 2 is 1.92 bits per heavy atom. The predicted molar refractivity (Wildman–Crippen MR) is 99.0 cm³/mol. The molecule has 0 aliphatic heterocycles. The van der Waals surface area contributed by atoms with Crippen molar-refractivity contribution >= 4 is 51.5 Å². The van der Waals surface area contributed by atoms with Crippen molar-refractivity contribution in [3.8, 4) is 5.75 Å². The molecule has 0 bridgehead atoms. The van der Waals surface area contributed by atoms with Crippen LogP contribution in [0.15, 0.2) is 36.5 Å². The fraction of sp³-hybridized carbons (Fsp3) is 0.111. The zero-order chi connectivity index (χ0) is 18.1. The van der Waals surface area contributed by atoms with E-state index in [1.165, 1.54) is 13.3 Å². The summed E-state index contributed by atoms with van der Waals surface area (Å²) < 4.78 is 5.20. The number of aryl methyl sites for hydroxylation is 1. The average molecular weight is 377 g/mol. The van der Waals surface area contributed by atoms with E-state index in [9.17, 15) is 9.59 Å². The van der Waals surface area contributed by atoms with Crippen LogP contribution in [-0.2, 0) is 4.79 Å². The summed E-state index contributed by atoms with van der Waals surface area (Å²) in [6.45, 7) is 1.79. The Balaban J connectivity index is 1.90. The van der Waals surface area contributed by atoms with E-state index in [-0.39, 0.29) is 5.56 Å². The average Bonchev–Trinajstić information content (AvgIpc) is 2.99. The highest BCUT2D eigenvalue weighted by atomic mass is 35.5. The number of carbonyl (C=O) groups excluding carboxylic acids is 2. The van der Waals surface area contributed by atoms with E-state index in [4.69, 9.17) is 27.9 Å². The Morgan fingerprint density at radius 1 is 1.16 bits per heavy atom. The Labute approximate surface area is 153 Å². The number of anilines is 1. The lowest BCUT2D eigenvalue weighted by Crippen LogP contribution is -2.23. The van der Waals surface area contributed by atoms with Gasteiger partial charge in [-0.1, -0.05) is 29.3 Å². The van der Waals surface area contributed by atoms with Gasteiger partial charge in [-0.3, -0.25) is 9.59 Å². The summed E-state index contributed by atoms with van der Waals surface area (Å²) in [6, 6.07) is 8.29. The van der Waals surface area contributed by atoms with Gasteiger partial charge in [0, 0.05) is 33.2 Å². The number of benzene rings is 2. The molecule has 0 saturated carbocycles. The number of ketones is 1. The number of rotatable bonds is 4. The van der Waals surface area contributed by atoms with E-state index in [1.807, 2.05) is 0 Å². The van der Waals surface area contributed by atoms with Gasteiger partial charge in [-0.2, -0.15) is 0 Å². The number of hydrogen-bond donors (Lipinski definition) is 2. The molecule has 0 spiro atoms. The summed E-state index contributed by atoms with van der Waals surface area (Å²) in [6.07, 6.45) is 1.49. The van der Waals surface area contributed by atoms with Crippen LogP contribution in [0.5, 0.6) is 5.75 Å². The van der Waals surface area contributed by atoms with Crippen molar-refractivity contribution in [1.82, 2.24) is 4.98 Å². The SMILES string of the molecule is COc1cc(Cl)c(C)cc1NC(=O)C(=O)c1c[nH]c2cc(Cl)ccc12. The fourth-order valence-electron chi connectivity index (χ4n) is 2.52. The lowest BCUT2D eigenvalue weighted by molar-refractivity contribution is -0.112. The van der Waals surface area contributed by atoms with E-state index >= 15 is 0 Å². The minimum absolute atomic E-state index is 0.272. The Kier molecular flexibility index (Phi) is 4.70. The number of H-pyrrole nitrogens is 1. The maximum atomic E-state index is 12.5. The summed E-state index contributed by atoms with van der Waals surface area (Å²) in [5, 5.41) is 4.26. The predicted octanol–water partition coefficient (Wildman–Crippen LogP) is 4.61. The number of hydrogen-bond acceptors (Lipinski definition) is 3. The molecule has 2 aromatic carbocycles. The van der Waals surface area contributed by atoms with E-state index in [0.717, 1.165) is 5.56 Å². The van der Waals surface area contributed by atoms with Crippen LogP contribution in [0.1, 0.15) is 15.9 Å². The molecule has 2 N–H and O–H groups in total. The van der Waals surface area contributed by atoms with Crippen molar-refractivity contribution in [1.29, 1.82) is 0 Å². The third kappa shape index (κ3) is 3.34. The van der Waals surface area contributed by atoms with Gasteiger partial charge in [0.05, 0.1) is 18.4 Å². The van der Waals surface area contributed by atoms with Crippen molar-refractivity contribution < 1.29 is 14.3 Å². The second kappa shape index (κ2) is 6.78. The van der Waals surface area contributed by atoms with Crippen LogP contribution in [-0.4, -0.2) is 23.8 Å². The molecule has 0 aliphatic rings. The van der Waals surface area contributed by atoms with Crippen LogP contribution in [0.2, 0.25) is 10.0 Å². The van der Waals surface area contributed by atoms with Crippen LogP contribution < -0.4 is 10.1 Å². The molecule has 25 heavy (non-hydrogen) atoms. The number of halogens is 2. The van der Waals surface area contributed by atoms with Crippen LogP contribution in [0.3, 0.4) is 0 Å². The minimum atomic E-state index is -0.768. The molecule has 1 aromatic heterocycles. The summed E-state index contributed by atoms with van der Waals surface area (Å²) >= 11 is 12.0. The van der Waals surface area contributed by atoms with Crippen molar-refractivity contribution in [3.05, 3.63) is 57.7 Å². The molecule has 0 atom stereocenters. The Hall–Kier alpha value is -2.50. The first kappa shape index (κ1) is 17.3. The van der Waals surface area contributed by atoms with Gasteiger partial charge < -0.3 is 15.0 Å². The molecule has 7 heteroatoms. The molecular formula is C18H14Cl2N2O3. The molecular weight excluding hydrogens is 363 g/mol. The van der Waals surface area contributed by atoms with Gasteiger partial charge in [-0.25, -0.2) is 0 Å². The molecule has 0 fully saturated rings. The molecule has 3 rings (SSSR count). The number of nitrogens with one attached hydrogen (secondary N) is 2. The number of fused-ring (bicyclic) bond motifs is 1. The molecule has 128 valence electrons. The number of aromatic nitrogens is 1. The van der Waals surface area contributed by atoms with E-state index < -0.39 is 11.7 Å². The summed E-state index contributed by atoms with van der Waals surface area (Å²) in [5.74, 6) is -1.05. The van der Waals surface area contributed by atoms with Crippen LogP contribution in [0.4, 0.5) is 5.69 Å². The maximum absolute atomic E-state index is 12.5. The quantitative estimate of drug-likeness (QED) is 0.515. The van der Waals surface area contributed by atoms with E-state index in [0.29, 0.717) is 32.4 Å². The lowest BCUT2D eigenvalue weighted by atomic mass is 10.1. The van der Waals surface area contributed by atoms with Crippen LogP contribution in [0, 0.1) is 6.92 Å². The molecule has 3 aromatic rings. The summed E-state index contributed by atoms with van der Waals surface area (Å²) in [7, 11) is 1.46. The Bertz CT molecular complexity index is 995. The smallest absolute Gasteiger partial charge is 0.296 e. The first-order chi connectivity index (χ1) is 11.9. The monoisotopic (exact) mass is 376 g/mol. The summed E-state index contributed by atoms with van der Waals surface area (Å²) in [4.78, 5) is 27.9. The normalized spacial score (nSPS) is 10.7. The molecule has 0 radical (unpaired) electrons. The maximum Gasteiger partial charge on any atom is 0.296 e. The molecule has 1 amide bonds. The molecule has 0 saturated heterocycles. The van der Waals surface area contributed by atoms with Crippen molar-refractivity contribution in [2.75, 3.05) is 12.4 Å². The number of amides is 1. The van der Waals surface area contributed by atoms with Crippen molar-refractivity contribution in [3.63, 3.8) is 0 Å². The molecule has 0 unspecified atom stereocenters. The number of ether oxygens (including phenoxy) is 1. The standard InChI is InChI=1S/C18H14Cl2N2O3/c1-9-5-15(16(25-2)7-13(9)20)22-18(24)17(23)12-8-21-14-6-10(19)3-4-11(12)14/h3-8,21H,1-2H3,(H,22,24). The van der Waals surface area contributed by atoms with Gasteiger partial charge >= 0.3 is 0 Å². The van der Waals surface area contributed by atoms with Gasteiger partial charge in [0.1, 0.15) is 5.75 Å². The minimum Gasteiger partial charge on any atom is -0.495 e. The second-order valence-corrected chi connectivity index (χ2v) is 6.32. The summed E-state index contributed by atoms with van der Waals surface area (Å²) in [5.41, 5.74) is 2.09. The van der Waals surface area contributed by atoms with Gasteiger partial charge in [0.2, 0.25) is 0 Å². The highest BCUT2D eigenvalue weighted by Crippen LogP contribution is 2.31. The van der Waals surface area contributed by atoms with Crippen molar-refractivity contribution in [2.45, 2.75) is 6.92 Å². The van der Waals surface area contributed by atoms with Crippen LogP contribution >= 0.6 is 23.2 Å². The highest BCUT2D eigenvalue weighted by molar-refractivity contribution is 6.48. The number of carbonyl (C=O) groups is 2.